The lowest BCUT2D eigenvalue weighted by molar-refractivity contribution is -0.227. The maximum absolute atomic E-state index is 14.9. The Balaban J connectivity index is 1.97. The summed E-state index contributed by atoms with van der Waals surface area (Å²) in [6.07, 6.45) is -8.35. The summed E-state index contributed by atoms with van der Waals surface area (Å²) < 4.78 is 73.2. The Bertz CT molecular complexity index is 993. The highest BCUT2D eigenvalue weighted by Gasteiger charge is 2.58. The van der Waals surface area contributed by atoms with Gasteiger partial charge in [-0.25, -0.2) is 18.8 Å². The van der Waals surface area contributed by atoms with E-state index in [0.29, 0.717) is 5.69 Å². The SMILES string of the molecule is Cc1cnc(C(=O)Cc2ccc(F)c([C@@]3(C)N=C(N)O[C@H](C(F)(F)F)[C@@H]3F)c2)cn1. The number of Topliss-reactive ketones (excluding diaryl/α,β-unsaturated/α-hetero) is 1. The lowest BCUT2D eigenvalue weighted by Crippen LogP contribution is -2.55. The van der Waals surface area contributed by atoms with Crippen molar-refractivity contribution < 1.29 is 31.5 Å². The Hall–Kier alpha value is -3.11. The number of ether oxygens (including phenoxy) is 1. The number of hydrogen-bond acceptors (Lipinski definition) is 6. The fourth-order valence-corrected chi connectivity index (χ4v) is 3.13. The van der Waals surface area contributed by atoms with E-state index in [9.17, 15) is 26.7 Å². The van der Waals surface area contributed by atoms with Crippen LogP contribution in [0.5, 0.6) is 0 Å². The number of nitrogens with zero attached hydrogens (tertiary/aromatic N) is 3. The van der Waals surface area contributed by atoms with Crippen LogP contribution < -0.4 is 5.73 Å². The monoisotopic (exact) mass is 428 g/mol. The minimum Gasteiger partial charge on any atom is -0.449 e. The van der Waals surface area contributed by atoms with Gasteiger partial charge in [-0.05, 0) is 31.5 Å². The lowest BCUT2D eigenvalue weighted by atomic mass is 9.82. The summed E-state index contributed by atoms with van der Waals surface area (Å²) >= 11 is 0. The van der Waals surface area contributed by atoms with E-state index in [2.05, 4.69) is 19.7 Å². The predicted molar refractivity (Wildman–Crippen MR) is 96.0 cm³/mol. The average molecular weight is 428 g/mol. The number of aliphatic imine (C=N–C) groups is 1. The molecule has 0 radical (unpaired) electrons. The lowest BCUT2D eigenvalue weighted by Gasteiger charge is -2.39. The Morgan fingerprint density at radius 2 is 1.97 bits per heavy atom. The zero-order valence-electron chi connectivity index (χ0n) is 15.9. The summed E-state index contributed by atoms with van der Waals surface area (Å²) in [4.78, 5) is 23.9. The Morgan fingerprint density at radius 3 is 2.57 bits per heavy atom. The zero-order chi connectivity index (χ0) is 22.3. The van der Waals surface area contributed by atoms with Crippen LogP contribution in [0.3, 0.4) is 0 Å². The quantitative estimate of drug-likeness (QED) is 0.597. The summed E-state index contributed by atoms with van der Waals surface area (Å²) in [5.74, 6) is -1.45. The van der Waals surface area contributed by atoms with Crippen molar-refractivity contribution in [3.63, 3.8) is 0 Å². The molecule has 160 valence electrons. The topological polar surface area (TPSA) is 90.5 Å². The van der Waals surface area contributed by atoms with Crippen LogP contribution in [0.4, 0.5) is 22.0 Å². The third-order valence-electron chi connectivity index (χ3n) is 4.72. The van der Waals surface area contributed by atoms with Crippen LogP contribution in [0.2, 0.25) is 0 Å². The molecule has 0 unspecified atom stereocenters. The number of carbonyl (C=O) groups excluding carboxylic acids is 1. The van der Waals surface area contributed by atoms with Crippen molar-refractivity contribution in [3.8, 4) is 0 Å². The van der Waals surface area contributed by atoms with Gasteiger partial charge in [0.25, 0.3) is 6.02 Å². The predicted octanol–water partition coefficient (Wildman–Crippen LogP) is 3.18. The molecule has 0 saturated heterocycles. The van der Waals surface area contributed by atoms with E-state index in [1.807, 2.05) is 0 Å². The molecule has 2 heterocycles. The highest BCUT2D eigenvalue weighted by Crippen LogP contribution is 2.43. The maximum Gasteiger partial charge on any atom is 0.428 e. The minimum atomic E-state index is -5.09. The molecule has 2 N–H and O–H groups in total. The van der Waals surface area contributed by atoms with Crippen LogP contribution in [-0.4, -0.2) is 40.2 Å². The van der Waals surface area contributed by atoms with E-state index < -0.39 is 47.2 Å². The summed E-state index contributed by atoms with van der Waals surface area (Å²) in [5.41, 5.74) is 3.43. The number of nitrogens with two attached hydrogens (primary N) is 1. The Morgan fingerprint density at radius 1 is 1.27 bits per heavy atom. The van der Waals surface area contributed by atoms with Gasteiger partial charge in [-0.2, -0.15) is 13.2 Å². The molecule has 0 saturated carbocycles. The third kappa shape index (κ3) is 4.10. The zero-order valence-corrected chi connectivity index (χ0v) is 15.9. The number of benzene rings is 1. The molecule has 0 aliphatic carbocycles. The van der Waals surface area contributed by atoms with Gasteiger partial charge < -0.3 is 10.5 Å². The molecule has 0 bridgehead atoms. The summed E-state index contributed by atoms with van der Waals surface area (Å²) in [7, 11) is 0. The molecule has 2 aromatic rings. The van der Waals surface area contributed by atoms with Gasteiger partial charge in [0.2, 0.25) is 6.10 Å². The van der Waals surface area contributed by atoms with Crippen LogP contribution >= 0.6 is 0 Å². The largest absolute Gasteiger partial charge is 0.449 e. The summed E-state index contributed by atoms with van der Waals surface area (Å²) in [6, 6.07) is 2.38. The average Bonchev–Trinajstić information content (AvgIpc) is 2.65. The smallest absolute Gasteiger partial charge is 0.428 e. The van der Waals surface area contributed by atoms with Crippen molar-refractivity contribution in [2.45, 2.75) is 44.3 Å². The van der Waals surface area contributed by atoms with Crippen LogP contribution in [0, 0.1) is 12.7 Å². The minimum absolute atomic E-state index is 0.0616. The highest BCUT2D eigenvalue weighted by molar-refractivity contribution is 5.95. The second kappa shape index (κ2) is 7.62. The number of carbonyl (C=O) groups is 1. The van der Waals surface area contributed by atoms with Gasteiger partial charge in [0.05, 0.1) is 11.9 Å². The fourth-order valence-electron chi connectivity index (χ4n) is 3.13. The molecule has 1 aromatic carbocycles. The van der Waals surface area contributed by atoms with Gasteiger partial charge in [-0.3, -0.25) is 9.78 Å². The normalized spacial score (nSPS) is 24.2. The number of amidine groups is 1. The Kier molecular flexibility index (Phi) is 5.48. The molecule has 30 heavy (non-hydrogen) atoms. The first-order valence-electron chi connectivity index (χ1n) is 8.75. The van der Waals surface area contributed by atoms with Crippen molar-refractivity contribution in [2.75, 3.05) is 0 Å². The van der Waals surface area contributed by atoms with Gasteiger partial charge in [-0.15, -0.1) is 0 Å². The molecule has 3 atom stereocenters. The highest BCUT2D eigenvalue weighted by atomic mass is 19.4. The van der Waals surface area contributed by atoms with Gasteiger partial charge >= 0.3 is 6.18 Å². The second-order valence-electron chi connectivity index (χ2n) is 7.04. The van der Waals surface area contributed by atoms with E-state index in [1.54, 1.807) is 6.92 Å². The van der Waals surface area contributed by atoms with Crippen molar-refractivity contribution in [1.29, 1.82) is 0 Å². The molecule has 1 aromatic heterocycles. The molecule has 1 aliphatic rings. The van der Waals surface area contributed by atoms with Crippen molar-refractivity contribution >= 4 is 11.8 Å². The molecular weight excluding hydrogens is 411 g/mol. The molecule has 1 aliphatic heterocycles. The van der Waals surface area contributed by atoms with E-state index in [0.717, 1.165) is 19.1 Å². The number of hydrogen-bond donors (Lipinski definition) is 1. The maximum atomic E-state index is 14.9. The number of halogens is 5. The van der Waals surface area contributed by atoms with Crippen molar-refractivity contribution in [3.05, 3.63) is 58.9 Å². The van der Waals surface area contributed by atoms with Crippen molar-refractivity contribution in [2.24, 2.45) is 10.7 Å². The number of aromatic nitrogens is 2. The van der Waals surface area contributed by atoms with E-state index in [1.165, 1.54) is 18.5 Å². The number of ketones is 1. The van der Waals surface area contributed by atoms with Crippen LogP contribution in [0.1, 0.15) is 34.2 Å². The summed E-state index contributed by atoms with van der Waals surface area (Å²) in [6.45, 7) is 2.68. The number of alkyl halides is 4. The molecule has 0 spiro atoms. The van der Waals surface area contributed by atoms with E-state index in [4.69, 9.17) is 5.73 Å². The number of aryl methyl sites for hydroxylation is 1. The first kappa shape index (κ1) is 21.6. The fraction of sp³-hybridized carbons (Fsp3) is 0.368. The number of rotatable bonds is 4. The van der Waals surface area contributed by atoms with Gasteiger partial charge in [0.15, 0.2) is 12.0 Å². The van der Waals surface area contributed by atoms with Gasteiger partial charge in [0, 0.05) is 18.2 Å². The molecular formula is C19H17F5N4O2. The van der Waals surface area contributed by atoms with Crippen molar-refractivity contribution in [1.82, 2.24) is 9.97 Å². The van der Waals surface area contributed by atoms with Crippen LogP contribution in [-0.2, 0) is 16.7 Å². The van der Waals surface area contributed by atoms with Crippen LogP contribution in [0.25, 0.3) is 0 Å². The van der Waals surface area contributed by atoms with E-state index >= 15 is 0 Å². The van der Waals surface area contributed by atoms with Gasteiger partial charge in [0.1, 0.15) is 17.1 Å². The molecule has 6 nitrogen and oxygen atoms in total. The molecule has 0 fully saturated rings. The molecule has 0 amide bonds. The Labute approximate surface area is 168 Å². The first-order valence-corrected chi connectivity index (χ1v) is 8.75. The second-order valence-corrected chi connectivity index (χ2v) is 7.04. The molecule has 3 rings (SSSR count). The standard InChI is InChI=1S/C19H17F5N4O2/c1-9-7-27-13(8-26-9)14(29)6-10-3-4-12(20)11(5-10)18(2)15(21)16(19(22,23)24)30-17(25)28-18/h3-5,7-8,15-16H,6H2,1-2H3,(H2,25,28)/t15-,16-,18+/m0/s1. The first-order chi connectivity index (χ1) is 13.9. The van der Waals surface area contributed by atoms with Gasteiger partial charge in [-0.1, -0.05) is 6.07 Å². The van der Waals surface area contributed by atoms with E-state index in [-0.39, 0.29) is 17.7 Å². The third-order valence-corrected chi connectivity index (χ3v) is 4.72. The van der Waals surface area contributed by atoms with Crippen LogP contribution in [0.15, 0.2) is 35.6 Å². The molecule has 11 heteroatoms. The summed E-state index contributed by atoms with van der Waals surface area (Å²) in [5, 5.41) is 0.